The molecule has 8 aromatic carbocycles. The Bertz CT molecular complexity index is 3740. The number of benzene rings is 8. The van der Waals surface area contributed by atoms with Crippen LogP contribution in [0.15, 0.2) is 150 Å². The fourth-order valence-corrected chi connectivity index (χ4v) is 12.5. The van der Waals surface area contributed by atoms with Crippen LogP contribution in [0, 0.1) is 0 Å². The van der Waals surface area contributed by atoms with Crippen LogP contribution in [-0.4, -0.2) is 11.4 Å². The highest BCUT2D eigenvalue weighted by Gasteiger charge is 2.45. The largest absolute Gasteiger partial charge is 0.456 e. The van der Waals surface area contributed by atoms with Gasteiger partial charge in [0.25, 0.3) is 0 Å². The van der Waals surface area contributed by atoms with Gasteiger partial charge in [0.05, 0.1) is 11.0 Å². The Morgan fingerprint density at radius 1 is 0.550 bits per heavy atom. The lowest BCUT2D eigenvalue weighted by atomic mass is 9.44. The van der Waals surface area contributed by atoms with Crippen LogP contribution in [0.5, 0.6) is 0 Å². The van der Waals surface area contributed by atoms with Crippen molar-refractivity contribution in [2.45, 2.75) is 45.4 Å². The number of hydrogen-bond acceptors (Lipinski definition) is 3. The number of fused-ring (bicyclic) bond motifs is 17. The number of nitrogens with zero attached hydrogens (tertiary/aromatic N) is 2. The lowest BCUT2D eigenvalue weighted by Crippen LogP contribution is -2.60. The smallest absolute Gasteiger partial charge is 0.333 e. The SMILES string of the molecule is CC(C)(C)c1ccc(N2B3c4cc5oc6ccccc6c5cc4-n4c5cc6c(cc5c5ccc(c3c54)-c3cc4c(cc32)sc2ccccc24)-c2ccccc2C6(C)C)cc1. The summed E-state index contributed by atoms with van der Waals surface area (Å²) in [7, 11) is 0. The van der Waals surface area contributed by atoms with E-state index in [2.05, 4.69) is 190 Å². The van der Waals surface area contributed by atoms with Crippen molar-refractivity contribution in [2.24, 2.45) is 0 Å². The molecular weight excluding hydrogens is 747 g/mol. The molecule has 284 valence electrons. The molecule has 60 heavy (non-hydrogen) atoms. The molecule has 0 unspecified atom stereocenters. The minimum Gasteiger partial charge on any atom is -0.456 e. The topological polar surface area (TPSA) is 21.3 Å². The van der Waals surface area contributed by atoms with E-state index in [9.17, 15) is 0 Å². The Morgan fingerprint density at radius 2 is 1.32 bits per heavy atom. The molecule has 0 saturated heterocycles. The Hall–Kier alpha value is -6.56. The lowest BCUT2D eigenvalue weighted by molar-refractivity contribution is 0.590. The maximum Gasteiger partial charge on any atom is 0.333 e. The maximum atomic E-state index is 6.74. The Kier molecular flexibility index (Phi) is 6.09. The normalized spacial score (nSPS) is 14.8. The third-order valence-corrected chi connectivity index (χ3v) is 15.5. The van der Waals surface area contributed by atoms with Gasteiger partial charge in [0.2, 0.25) is 0 Å². The van der Waals surface area contributed by atoms with Crippen LogP contribution in [0.4, 0.5) is 11.4 Å². The average Bonchev–Trinajstić information content (AvgIpc) is 3.97. The van der Waals surface area contributed by atoms with Gasteiger partial charge in [-0.05, 0) is 110 Å². The van der Waals surface area contributed by atoms with E-state index < -0.39 is 0 Å². The number of rotatable bonds is 1. The van der Waals surface area contributed by atoms with Crippen molar-refractivity contribution in [1.29, 1.82) is 0 Å². The molecule has 14 rings (SSSR count). The minimum atomic E-state index is -0.120. The molecule has 3 aliphatic rings. The minimum absolute atomic E-state index is 0.0426. The third-order valence-electron chi connectivity index (χ3n) is 14.3. The quantitative estimate of drug-likeness (QED) is 0.155. The van der Waals surface area contributed by atoms with E-state index in [0.29, 0.717) is 0 Å². The molecule has 0 N–H and O–H groups in total. The van der Waals surface area contributed by atoms with Gasteiger partial charge in [0.1, 0.15) is 11.2 Å². The van der Waals surface area contributed by atoms with Crippen LogP contribution >= 0.6 is 11.3 Å². The predicted molar refractivity (Wildman–Crippen MR) is 256 cm³/mol. The van der Waals surface area contributed by atoms with Gasteiger partial charge in [-0.25, -0.2) is 0 Å². The van der Waals surface area contributed by atoms with Crippen molar-refractivity contribution < 1.29 is 4.42 Å². The van der Waals surface area contributed by atoms with Crippen LogP contribution in [0.1, 0.15) is 51.3 Å². The zero-order valence-corrected chi connectivity index (χ0v) is 35.0. The van der Waals surface area contributed by atoms with Gasteiger partial charge in [-0.3, -0.25) is 0 Å². The summed E-state index contributed by atoms with van der Waals surface area (Å²) in [6.07, 6.45) is 0. The first kappa shape index (κ1) is 33.3. The van der Waals surface area contributed by atoms with Crippen molar-refractivity contribution in [3.63, 3.8) is 0 Å². The van der Waals surface area contributed by atoms with E-state index in [4.69, 9.17) is 4.42 Å². The summed E-state index contributed by atoms with van der Waals surface area (Å²) in [5, 5.41) is 7.54. The molecule has 3 aromatic heterocycles. The summed E-state index contributed by atoms with van der Waals surface area (Å²) < 4.78 is 12.0. The van der Waals surface area contributed by atoms with Gasteiger partial charge < -0.3 is 13.8 Å². The first-order chi connectivity index (χ1) is 29.1. The molecule has 0 bridgehead atoms. The highest BCUT2D eigenvalue weighted by molar-refractivity contribution is 7.25. The first-order valence-electron chi connectivity index (χ1n) is 21.2. The van der Waals surface area contributed by atoms with Gasteiger partial charge in [-0.15, -0.1) is 11.3 Å². The summed E-state index contributed by atoms with van der Waals surface area (Å²) in [6.45, 7) is 11.6. The van der Waals surface area contributed by atoms with Crippen LogP contribution in [0.2, 0.25) is 0 Å². The number of para-hydroxylation sites is 1. The van der Waals surface area contributed by atoms with Gasteiger partial charge in [0, 0.05) is 69.8 Å². The molecule has 5 heterocycles. The van der Waals surface area contributed by atoms with Crippen molar-refractivity contribution in [3.05, 3.63) is 162 Å². The number of furan rings is 1. The molecule has 1 aliphatic carbocycles. The molecule has 5 heteroatoms. The summed E-state index contributed by atoms with van der Waals surface area (Å²) in [5.41, 5.74) is 20.0. The maximum absolute atomic E-state index is 6.74. The second kappa shape index (κ2) is 11.0. The van der Waals surface area contributed by atoms with Crippen molar-refractivity contribution >= 4 is 104 Å². The van der Waals surface area contributed by atoms with Crippen LogP contribution in [0.25, 0.3) is 91.9 Å². The highest BCUT2D eigenvalue weighted by atomic mass is 32.1. The second-order valence-electron chi connectivity index (χ2n) is 18.9. The van der Waals surface area contributed by atoms with E-state index >= 15 is 0 Å². The molecule has 0 amide bonds. The fraction of sp³-hybridized carbons (Fsp3) is 0.127. The van der Waals surface area contributed by atoms with E-state index in [1.807, 2.05) is 11.3 Å². The van der Waals surface area contributed by atoms with Crippen molar-refractivity contribution in [1.82, 2.24) is 4.57 Å². The van der Waals surface area contributed by atoms with E-state index in [1.165, 1.54) is 109 Å². The third kappa shape index (κ3) is 4.07. The van der Waals surface area contributed by atoms with Crippen molar-refractivity contribution in [3.8, 4) is 27.9 Å². The lowest BCUT2D eigenvalue weighted by Gasteiger charge is -2.42. The molecule has 0 atom stereocenters. The van der Waals surface area contributed by atoms with E-state index in [1.54, 1.807) is 0 Å². The molecule has 3 nitrogen and oxygen atoms in total. The van der Waals surface area contributed by atoms with Gasteiger partial charge in [0.15, 0.2) is 0 Å². The second-order valence-corrected chi connectivity index (χ2v) is 20.0. The zero-order chi connectivity index (χ0) is 40.0. The van der Waals surface area contributed by atoms with Crippen molar-refractivity contribution in [2.75, 3.05) is 4.81 Å². The van der Waals surface area contributed by atoms with Crippen LogP contribution in [0.3, 0.4) is 0 Å². The van der Waals surface area contributed by atoms with E-state index in [0.717, 1.165) is 21.9 Å². The molecule has 0 radical (unpaired) electrons. The molecule has 0 spiro atoms. The number of hydrogen-bond donors (Lipinski definition) is 0. The Morgan fingerprint density at radius 3 is 2.17 bits per heavy atom. The molecule has 0 saturated carbocycles. The fourth-order valence-electron chi connectivity index (χ4n) is 11.4. The summed E-state index contributed by atoms with van der Waals surface area (Å²) in [5.74, 6) is 0. The summed E-state index contributed by atoms with van der Waals surface area (Å²) >= 11 is 1.89. The Balaban J connectivity index is 1.16. The highest BCUT2D eigenvalue weighted by Crippen LogP contribution is 2.53. The van der Waals surface area contributed by atoms with Gasteiger partial charge in [-0.2, -0.15) is 0 Å². The monoisotopic (exact) mass is 786 g/mol. The summed E-state index contributed by atoms with van der Waals surface area (Å²) in [6, 6.07) is 55.5. The first-order valence-corrected chi connectivity index (χ1v) is 22.0. The standard InChI is InChI=1S/C55H39BN2OS/c1-54(2,3)30-18-20-31(21-19-30)58-46-29-51-41(34-14-8-11-17-50(34)60-51)25-38(46)35-22-23-36-39-24-37-32-12-6-9-15-42(32)55(4,5)43(37)27-45(39)57-47-26-40-33-13-7-10-16-48(33)59-49(40)28-44(47)56(58)52(35)53(36)57/h6-29H,1-5H3. The number of thiophene rings is 1. The molecule has 2 aliphatic heterocycles. The Labute approximate surface area is 352 Å². The van der Waals surface area contributed by atoms with Crippen LogP contribution in [-0.2, 0) is 10.8 Å². The van der Waals surface area contributed by atoms with Gasteiger partial charge in [-0.1, -0.05) is 120 Å². The van der Waals surface area contributed by atoms with Gasteiger partial charge >= 0.3 is 6.85 Å². The number of aromatic nitrogens is 1. The van der Waals surface area contributed by atoms with Crippen LogP contribution < -0.4 is 15.7 Å². The van der Waals surface area contributed by atoms with E-state index in [-0.39, 0.29) is 17.7 Å². The number of anilines is 2. The summed E-state index contributed by atoms with van der Waals surface area (Å²) in [4.78, 5) is 2.65. The predicted octanol–water partition coefficient (Wildman–Crippen LogP) is 13.9. The molecular formula is C55H39BN2OS. The average molecular weight is 787 g/mol. The zero-order valence-electron chi connectivity index (χ0n) is 34.1. The molecule has 0 fully saturated rings. The molecule has 11 aromatic rings.